The van der Waals surface area contributed by atoms with Gasteiger partial charge in [-0.3, -0.25) is 4.90 Å². The molecule has 3 nitrogen and oxygen atoms in total. The molecule has 0 saturated heterocycles. The maximum Gasteiger partial charge on any atom is 0.140 e. The van der Waals surface area contributed by atoms with Crippen molar-refractivity contribution >= 4 is 0 Å². The van der Waals surface area contributed by atoms with Crippen LogP contribution in [-0.4, -0.2) is 21.0 Å². The van der Waals surface area contributed by atoms with E-state index in [0.29, 0.717) is 12.5 Å². The lowest BCUT2D eigenvalue weighted by atomic mass is 10.1. The fourth-order valence-electron chi connectivity index (χ4n) is 4.24. The van der Waals surface area contributed by atoms with Gasteiger partial charge in [0.15, 0.2) is 0 Å². The van der Waals surface area contributed by atoms with Gasteiger partial charge < -0.3 is 4.57 Å². The Hall–Kier alpha value is -3.24. The SMILES string of the molecule is CC(C)CCN(Cc1ccccc1F)Cc1cnc(-c2ccccc2)n1CCc1ccccc1. The van der Waals surface area contributed by atoms with Gasteiger partial charge in [0.2, 0.25) is 0 Å². The predicted molar refractivity (Wildman–Crippen MR) is 138 cm³/mol. The second-order valence-electron chi connectivity index (χ2n) is 9.31. The minimum atomic E-state index is -0.139. The standard InChI is InChI=1S/C30H34FN3/c1-24(2)17-19-33(22-27-15-9-10-16-29(27)31)23-28-21-32-30(26-13-7-4-8-14-26)34(28)20-18-25-11-5-3-6-12-25/h3-16,21,24H,17-20,22-23H2,1-2H3. The summed E-state index contributed by atoms with van der Waals surface area (Å²) < 4.78 is 16.8. The number of benzene rings is 3. The zero-order valence-corrected chi connectivity index (χ0v) is 20.2. The highest BCUT2D eigenvalue weighted by Gasteiger charge is 2.17. The van der Waals surface area contributed by atoms with Crippen molar-refractivity contribution in [3.05, 3.63) is 114 Å². The zero-order chi connectivity index (χ0) is 23.8. The maximum atomic E-state index is 14.5. The van der Waals surface area contributed by atoms with Crippen LogP contribution in [0, 0.1) is 11.7 Å². The fraction of sp³-hybridized carbons (Fsp3) is 0.300. The highest BCUT2D eigenvalue weighted by molar-refractivity contribution is 5.56. The second-order valence-corrected chi connectivity index (χ2v) is 9.31. The lowest BCUT2D eigenvalue weighted by Crippen LogP contribution is -2.27. The molecule has 0 N–H and O–H groups in total. The molecule has 1 heterocycles. The molecule has 0 aliphatic carbocycles. The highest BCUT2D eigenvalue weighted by Crippen LogP contribution is 2.23. The average Bonchev–Trinajstić information content (AvgIpc) is 3.26. The van der Waals surface area contributed by atoms with Crippen LogP contribution in [0.15, 0.2) is 91.1 Å². The number of rotatable bonds is 11. The average molecular weight is 456 g/mol. The van der Waals surface area contributed by atoms with E-state index < -0.39 is 0 Å². The molecule has 4 heteroatoms. The molecule has 1 aromatic heterocycles. The summed E-state index contributed by atoms with van der Waals surface area (Å²) in [7, 11) is 0. The van der Waals surface area contributed by atoms with Crippen LogP contribution in [0.1, 0.15) is 37.1 Å². The van der Waals surface area contributed by atoms with E-state index >= 15 is 0 Å². The lowest BCUT2D eigenvalue weighted by Gasteiger charge is -2.24. The molecule has 3 aromatic carbocycles. The van der Waals surface area contributed by atoms with Crippen molar-refractivity contribution < 1.29 is 4.39 Å². The van der Waals surface area contributed by atoms with Gasteiger partial charge in [-0.1, -0.05) is 92.7 Å². The summed E-state index contributed by atoms with van der Waals surface area (Å²) in [5.41, 5.74) is 4.33. The zero-order valence-electron chi connectivity index (χ0n) is 20.2. The molecule has 4 aromatic rings. The van der Waals surface area contributed by atoms with Gasteiger partial charge >= 0.3 is 0 Å². The molecule has 0 amide bonds. The Kier molecular flexibility index (Phi) is 8.26. The number of imidazole rings is 1. The third kappa shape index (κ3) is 6.42. The van der Waals surface area contributed by atoms with E-state index in [1.807, 2.05) is 24.4 Å². The Morgan fingerprint density at radius 1 is 0.853 bits per heavy atom. The van der Waals surface area contributed by atoms with Crippen molar-refractivity contribution in [1.82, 2.24) is 14.5 Å². The number of halogens is 1. The molecule has 0 fully saturated rings. The molecule has 0 unspecified atom stereocenters. The molecular weight excluding hydrogens is 421 g/mol. The topological polar surface area (TPSA) is 21.1 Å². The molecule has 0 spiro atoms. The smallest absolute Gasteiger partial charge is 0.140 e. The summed E-state index contributed by atoms with van der Waals surface area (Å²) >= 11 is 0. The molecule has 176 valence electrons. The maximum absolute atomic E-state index is 14.5. The van der Waals surface area contributed by atoms with Crippen molar-refractivity contribution in [2.24, 2.45) is 5.92 Å². The molecule has 4 rings (SSSR count). The van der Waals surface area contributed by atoms with E-state index in [4.69, 9.17) is 4.98 Å². The van der Waals surface area contributed by atoms with Crippen LogP contribution < -0.4 is 0 Å². The molecule has 34 heavy (non-hydrogen) atoms. The molecule has 0 saturated carbocycles. The van der Waals surface area contributed by atoms with Crippen molar-refractivity contribution in [2.45, 2.75) is 46.3 Å². The first-order valence-corrected chi connectivity index (χ1v) is 12.2. The minimum Gasteiger partial charge on any atom is -0.326 e. The number of hydrogen-bond donors (Lipinski definition) is 0. The van der Waals surface area contributed by atoms with Crippen LogP contribution in [0.4, 0.5) is 4.39 Å². The highest BCUT2D eigenvalue weighted by atomic mass is 19.1. The fourth-order valence-corrected chi connectivity index (χ4v) is 4.24. The van der Waals surface area contributed by atoms with Crippen molar-refractivity contribution in [2.75, 3.05) is 6.54 Å². The van der Waals surface area contributed by atoms with Gasteiger partial charge in [0.05, 0.1) is 11.9 Å². The Morgan fingerprint density at radius 3 is 2.24 bits per heavy atom. The molecule has 0 radical (unpaired) electrons. The first kappa shape index (κ1) is 23.9. The van der Waals surface area contributed by atoms with Crippen LogP contribution in [0.25, 0.3) is 11.4 Å². The van der Waals surface area contributed by atoms with E-state index in [1.165, 1.54) is 5.56 Å². The van der Waals surface area contributed by atoms with Crippen LogP contribution in [-0.2, 0) is 26.1 Å². The number of hydrogen-bond acceptors (Lipinski definition) is 2. The van der Waals surface area contributed by atoms with Crippen molar-refractivity contribution in [3.63, 3.8) is 0 Å². The van der Waals surface area contributed by atoms with E-state index in [-0.39, 0.29) is 5.82 Å². The Bertz CT molecular complexity index is 1150. The Labute approximate surface area is 202 Å². The third-order valence-electron chi connectivity index (χ3n) is 6.20. The Balaban J connectivity index is 1.61. The van der Waals surface area contributed by atoms with Gasteiger partial charge in [0, 0.05) is 30.8 Å². The van der Waals surface area contributed by atoms with Gasteiger partial charge in [0.25, 0.3) is 0 Å². The number of nitrogens with zero attached hydrogens (tertiary/aromatic N) is 3. The summed E-state index contributed by atoms with van der Waals surface area (Å²) in [5, 5.41) is 0. The summed E-state index contributed by atoms with van der Waals surface area (Å²) in [6.45, 7) is 7.55. The lowest BCUT2D eigenvalue weighted by molar-refractivity contribution is 0.232. The summed E-state index contributed by atoms with van der Waals surface area (Å²) in [4.78, 5) is 7.18. The molecular formula is C30H34FN3. The first-order chi connectivity index (χ1) is 16.6. The van der Waals surface area contributed by atoms with Crippen LogP contribution >= 0.6 is 0 Å². The monoisotopic (exact) mass is 455 g/mol. The van der Waals surface area contributed by atoms with Gasteiger partial charge in [-0.15, -0.1) is 0 Å². The third-order valence-corrected chi connectivity index (χ3v) is 6.20. The largest absolute Gasteiger partial charge is 0.326 e. The van der Waals surface area contributed by atoms with Crippen LogP contribution in [0.3, 0.4) is 0 Å². The van der Waals surface area contributed by atoms with E-state index in [0.717, 1.165) is 55.1 Å². The summed E-state index contributed by atoms with van der Waals surface area (Å²) in [6, 6.07) is 28.0. The van der Waals surface area contributed by atoms with Gasteiger partial charge in [-0.2, -0.15) is 0 Å². The number of aromatic nitrogens is 2. The van der Waals surface area contributed by atoms with E-state index in [2.05, 4.69) is 77.9 Å². The van der Waals surface area contributed by atoms with Crippen LogP contribution in [0.5, 0.6) is 0 Å². The summed E-state index contributed by atoms with van der Waals surface area (Å²) in [5.74, 6) is 1.44. The number of aryl methyl sites for hydroxylation is 1. The van der Waals surface area contributed by atoms with Crippen molar-refractivity contribution in [1.29, 1.82) is 0 Å². The predicted octanol–water partition coefficient (Wildman–Crippen LogP) is 6.98. The van der Waals surface area contributed by atoms with Crippen LogP contribution in [0.2, 0.25) is 0 Å². The van der Waals surface area contributed by atoms with Gasteiger partial charge in [-0.25, -0.2) is 9.37 Å². The molecule has 0 atom stereocenters. The quantitative estimate of drug-likeness (QED) is 0.243. The summed E-state index contributed by atoms with van der Waals surface area (Å²) in [6.07, 6.45) is 4.00. The minimum absolute atomic E-state index is 0.139. The normalized spacial score (nSPS) is 11.4. The molecule has 0 bridgehead atoms. The Morgan fingerprint density at radius 2 is 1.53 bits per heavy atom. The van der Waals surface area contributed by atoms with E-state index in [1.54, 1.807) is 12.1 Å². The molecule has 0 aliphatic rings. The second kappa shape index (κ2) is 11.8. The molecule has 0 aliphatic heterocycles. The van der Waals surface area contributed by atoms with E-state index in [9.17, 15) is 4.39 Å². The van der Waals surface area contributed by atoms with Gasteiger partial charge in [-0.05, 0) is 36.9 Å². The van der Waals surface area contributed by atoms with Gasteiger partial charge in [0.1, 0.15) is 11.6 Å². The first-order valence-electron chi connectivity index (χ1n) is 12.2. The van der Waals surface area contributed by atoms with Crippen molar-refractivity contribution in [3.8, 4) is 11.4 Å².